The fourth-order valence-corrected chi connectivity index (χ4v) is 6.27. The summed E-state index contributed by atoms with van der Waals surface area (Å²) in [4.78, 5) is 29.5. The maximum absolute atomic E-state index is 13.1. The average Bonchev–Trinajstić information content (AvgIpc) is 3.24. The van der Waals surface area contributed by atoms with Gasteiger partial charge in [-0.1, -0.05) is 11.3 Å². The highest BCUT2D eigenvalue weighted by Gasteiger charge is 2.24. The molecule has 0 atom stereocenters. The van der Waals surface area contributed by atoms with Gasteiger partial charge in [0.2, 0.25) is 15.9 Å². The van der Waals surface area contributed by atoms with Crippen molar-refractivity contribution in [3.05, 3.63) is 52.8 Å². The van der Waals surface area contributed by atoms with Crippen molar-refractivity contribution in [1.29, 1.82) is 0 Å². The van der Waals surface area contributed by atoms with E-state index in [2.05, 4.69) is 10.3 Å². The number of fused-ring (bicyclic) bond motifs is 1. The van der Waals surface area contributed by atoms with Gasteiger partial charge in [0.1, 0.15) is 0 Å². The molecule has 39 heavy (non-hydrogen) atoms. The molecular formula is C26H34N4O7S2. The lowest BCUT2D eigenvalue weighted by molar-refractivity contribution is -0.114. The van der Waals surface area contributed by atoms with Crippen molar-refractivity contribution in [2.75, 3.05) is 59.1 Å². The summed E-state index contributed by atoms with van der Waals surface area (Å²) in [5.41, 5.74) is 1.75. The van der Waals surface area contributed by atoms with Crippen LogP contribution in [0.3, 0.4) is 0 Å². The number of rotatable bonds is 14. The first-order chi connectivity index (χ1) is 18.7. The van der Waals surface area contributed by atoms with Crippen molar-refractivity contribution in [1.82, 2.24) is 8.87 Å². The molecule has 212 valence electrons. The average molecular weight is 579 g/mol. The van der Waals surface area contributed by atoms with E-state index < -0.39 is 15.9 Å². The predicted octanol–water partition coefficient (Wildman–Crippen LogP) is 2.72. The van der Waals surface area contributed by atoms with Crippen molar-refractivity contribution >= 4 is 49.1 Å². The number of nitrogens with zero attached hydrogens (tertiary/aromatic N) is 3. The van der Waals surface area contributed by atoms with E-state index in [-0.39, 0.29) is 42.7 Å². The smallest absolute Gasteiger partial charge is 0.279 e. The topological polar surface area (TPSA) is 129 Å². The molecule has 3 aromatic rings. The molecule has 0 unspecified atom stereocenters. The predicted molar refractivity (Wildman–Crippen MR) is 149 cm³/mol. The van der Waals surface area contributed by atoms with E-state index in [9.17, 15) is 18.0 Å². The summed E-state index contributed by atoms with van der Waals surface area (Å²) in [6.07, 6.45) is 0. The molecule has 0 saturated heterocycles. The van der Waals surface area contributed by atoms with Crippen molar-refractivity contribution in [2.24, 2.45) is 4.99 Å². The molecule has 11 nitrogen and oxygen atoms in total. The number of sulfonamides is 1. The first-order valence-corrected chi connectivity index (χ1v) is 14.6. The van der Waals surface area contributed by atoms with E-state index in [0.29, 0.717) is 30.2 Å². The van der Waals surface area contributed by atoms with Crippen molar-refractivity contribution in [3.63, 3.8) is 0 Å². The van der Waals surface area contributed by atoms with Gasteiger partial charge < -0.3 is 24.1 Å². The van der Waals surface area contributed by atoms with Crippen LogP contribution in [0.4, 0.5) is 5.69 Å². The summed E-state index contributed by atoms with van der Waals surface area (Å²) < 4.78 is 45.9. The number of hydrogen-bond acceptors (Lipinski definition) is 8. The minimum atomic E-state index is -3.81. The molecule has 0 bridgehead atoms. The van der Waals surface area contributed by atoms with Crippen LogP contribution in [-0.4, -0.2) is 82.8 Å². The zero-order chi connectivity index (χ0) is 28.4. The number of thiazole rings is 1. The van der Waals surface area contributed by atoms with Gasteiger partial charge >= 0.3 is 0 Å². The van der Waals surface area contributed by atoms with Crippen LogP contribution in [0, 0.1) is 0 Å². The molecule has 1 N–H and O–H groups in total. The number of carbonyl (C=O) groups excluding carboxylic acids is 2. The monoisotopic (exact) mass is 578 g/mol. The van der Waals surface area contributed by atoms with E-state index in [0.717, 1.165) is 10.2 Å². The van der Waals surface area contributed by atoms with E-state index >= 15 is 0 Å². The van der Waals surface area contributed by atoms with Crippen LogP contribution in [-0.2, 0) is 35.6 Å². The number of methoxy groups -OCH3 is 2. The molecule has 0 aliphatic rings. The second kappa shape index (κ2) is 14.4. The molecule has 13 heteroatoms. The van der Waals surface area contributed by atoms with Crippen LogP contribution in [0.5, 0.6) is 0 Å². The number of amides is 2. The number of hydrogen-bond donors (Lipinski definition) is 1. The molecule has 0 spiro atoms. The van der Waals surface area contributed by atoms with Gasteiger partial charge in [-0.05, 0) is 49.4 Å². The SMILES string of the molecule is CCOCCn1c(=NC(=O)c2ccc(S(=O)(=O)N(CCOC)CCOC)cc2)sc2cc(NC(C)=O)ccc21. The van der Waals surface area contributed by atoms with Crippen LogP contribution in [0.1, 0.15) is 24.2 Å². The number of ether oxygens (including phenoxy) is 3. The lowest BCUT2D eigenvalue weighted by Gasteiger charge is -2.21. The molecule has 1 heterocycles. The van der Waals surface area contributed by atoms with Crippen LogP contribution in [0.25, 0.3) is 10.2 Å². The zero-order valence-electron chi connectivity index (χ0n) is 22.5. The van der Waals surface area contributed by atoms with Gasteiger partial charge in [-0.2, -0.15) is 9.30 Å². The summed E-state index contributed by atoms with van der Waals surface area (Å²) in [5.74, 6) is -0.686. The first-order valence-electron chi connectivity index (χ1n) is 12.4. The normalized spacial score (nSPS) is 12.4. The molecule has 0 aliphatic carbocycles. The second-order valence-corrected chi connectivity index (χ2v) is 11.4. The molecule has 0 radical (unpaired) electrons. The summed E-state index contributed by atoms with van der Waals surface area (Å²) in [6.45, 7) is 5.65. The quantitative estimate of drug-likeness (QED) is 0.291. The fourth-order valence-electron chi connectivity index (χ4n) is 3.76. The standard InChI is InChI=1S/C26H34N4O7S2/c1-5-37-17-14-30-23-11-8-21(27-19(2)31)18-24(23)38-26(30)28-25(32)20-6-9-22(10-7-20)39(33,34)29(12-15-35-3)13-16-36-4/h6-11,18H,5,12-17H2,1-4H3,(H,27,31). The minimum absolute atomic E-state index is 0.0606. The van der Waals surface area contributed by atoms with E-state index in [1.54, 1.807) is 6.07 Å². The van der Waals surface area contributed by atoms with Gasteiger partial charge in [-0.25, -0.2) is 8.42 Å². The zero-order valence-corrected chi connectivity index (χ0v) is 24.1. The number of anilines is 1. The van der Waals surface area contributed by atoms with Crippen LogP contribution >= 0.6 is 11.3 Å². The summed E-state index contributed by atoms with van der Waals surface area (Å²) in [5, 5.41) is 2.76. The minimum Gasteiger partial charge on any atom is -0.383 e. The Labute approximate surface area is 232 Å². The third-order valence-corrected chi connectivity index (χ3v) is 8.65. The highest BCUT2D eigenvalue weighted by atomic mass is 32.2. The molecule has 2 aromatic carbocycles. The van der Waals surface area contributed by atoms with Crippen molar-refractivity contribution < 1.29 is 32.2 Å². The molecule has 2 amide bonds. The summed E-state index contributed by atoms with van der Waals surface area (Å²) in [6, 6.07) is 11.2. The highest BCUT2D eigenvalue weighted by Crippen LogP contribution is 2.22. The molecule has 3 rings (SSSR count). The Bertz CT molecular complexity index is 1440. The number of aromatic nitrogens is 1. The van der Waals surface area contributed by atoms with Crippen molar-refractivity contribution in [3.8, 4) is 0 Å². The Kier molecular flexibility index (Phi) is 11.3. The fraction of sp³-hybridized carbons (Fsp3) is 0.423. The highest BCUT2D eigenvalue weighted by molar-refractivity contribution is 7.89. The maximum Gasteiger partial charge on any atom is 0.279 e. The third-order valence-electron chi connectivity index (χ3n) is 5.69. The lowest BCUT2D eigenvalue weighted by Crippen LogP contribution is -2.36. The molecule has 0 saturated carbocycles. The Hall–Kier alpha value is -2.94. The largest absolute Gasteiger partial charge is 0.383 e. The van der Waals surface area contributed by atoms with Gasteiger partial charge in [0.25, 0.3) is 5.91 Å². The van der Waals surface area contributed by atoms with Gasteiger partial charge in [-0.15, -0.1) is 0 Å². The van der Waals surface area contributed by atoms with Gasteiger partial charge in [0, 0.05) is 58.6 Å². The van der Waals surface area contributed by atoms with Crippen LogP contribution in [0.2, 0.25) is 0 Å². The van der Waals surface area contributed by atoms with E-state index in [1.165, 1.54) is 61.1 Å². The maximum atomic E-state index is 13.1. The van der Waals surface area contributed by atoms with Gasteiger partial charge in [0.05, 0.1) is 34.9 Å². The molecular weight excluding hydrogens is 544 g/mol. The second-order valence-electron chi connectivity index (χ2n) is 8.43. The molecule has 0 fully saturated rings. The first kappa shape index (κ1) is 30.6. The Morgan fingerprint density at radius 2 is 1.69 bits per heavy atom. The third kappa shape index (κ3) is 8.03. The Balaban J connectivity index is 1.93. The Morgan fingerprint density at radius 3 is 2.28 bits per heavy atom. The lowest BCUT2D eigenvalue weighted by atomic mass is 10.2. The summed E-state index contributed by atoms with van der Waals surface area (Å²) >= 11 is 1.32. The van der Waals surface area contributed by atoms with Crippen LogP contribution < -0.4 is 10.1 Å². The van der Waals surface area contributed by atoms with E-state index in [4.69, 9.17) is 14.2 Å². The van der Waals surface area contributed by atoms with Crippen LogP contribution in [0.15, 0.2) is 52.4 Å². The van der Waals surface area contributed by atoms with Gasteiger partial charge in [0.15, 0.2) is 4.80 Å². The van der Waals surface area contributed by atoms with Gasteiger partial charge in [-0.3, -0.25) is 9.59 Å². The number of benzene rings is 2. The number of nitrogens with one attached hydrogen (secondary N) is 1. The molecule has 0 aliphatic heterocycles. The Morgan fingerprint density at radius 1 is 1.03 bits per heavy atom. The number of carbonyl (C=O) groups is 2. The molecule has 1 aromatic heterocycles. The summed E-state index contributed by atoms with van der Waals surface area (Å²) in [7, 11) is -0.803. The van der Waals surface area contributed by atoms with Crippen molar-refractivity contribution in [2.45, 2.75) is 25.3 Å². The van der Waals surface area contributed by atoms with E-state index in [1.807, 2.05) is 23.6 Å².